The van der Waals surface area contributed by atoms with Crippen molar-refractivity contribution >= 4 is 27.9 Å². The zero-order valence-electron chi connectivity index (χ0n) is 13.3. The Balaban J connectivity index is 3.18. The zero-order chi connectivity index (χ0) is 17.8. The van der Waals surface area contributed by atoms with E-state index < -0.39 is 33.2 Å². The summed E-state index contributed by atoms with van der Waals surface area (Å²) in [6.07, 6.45) is -0.231. The van der Waals surface area contributed by atoms with E-state index in [4.69, 9.17) is 0 Å². The molecule has 1 atom stereocenters. The first-order chi connectivity index (χ1) is 10.5. The van der Waals surface area contributed by atoms with Crippen molar-refractivity contribution in [3.8, 4) is 0 Å². The molecule has 2 N–H and O–H groups in total. The Morgan fingerprint density at radius 2 is 2.04 bits per heavy atom. The quantitative estimate of drug-likeness (QED) is 0.196. The number of nitrogens with zero attached hydrogens (tertiary/aromatic N) is 4. The number of imide groups is 1. The van der Waals surface area contributed by atoms with Crippen LogP contribution in [0.25, 0.3) is 0 Å². The van der Waals surface area contributed by atoms with Gasteiger partial charge in [0.2, 0.25) is 0 Å². The molecule has 2 amide bonds. The molecule has 0 aromatic heterocycles. The summed E-state index contributed by atoms with van der Waals surface area (Å²) in [5.41, 5.74) is 0. The molecule has 1 saturated heterocycles. The van der Waals surface area contributed by atoms with E-state index in [9.17, 15) is 27.8 Å². The second-order valence-electron chi connectivity index (χ2n) is 5.40. The Bertz CT molecular complexity index is 652. The average molecular weight is 349 g/mol. The molecule has 1 fully saturated rings. The van der Waals surface area contributed by atoms with Crippen molar-refractivity contribution in [2.24, 2.45) is 4.99 Å². The minimum atomic E-state index is -5.05. The van der Waals surface area contributed by atoms with Crippen LogP contribution in [0.15, 0.2) is 4.99 Å². The molecule has 0 saturated carbocycles. The maximum Gasteiger partial charge on any atom is 0.371 e. The van der Waals surface area contributed by atoms with Gasteiger partial charge in [-0.1, -0.05) is 0 Å². The Labute approximate surface area is 134 Å². The third-order valence-corrected chi connectivity index (χ3v) is 4.63. The summed E-state index contributed by atoms with van der Waals surface area (Å²) in [4.78, 5) is 26.0. The van der Waals surface area contributed by atoms with Crippen LogP contribution in [-0.4, -0.2) is 89.1 Å². The molecule has 0 spiro atoms. The summed E-state index contributed by atoms with van der Waals surface area (Å²) in [6, 6.07) is 2.39. The average Bonchev–Trinajstić information content (AvgIpc) is 2.67. The first-order valence-electron chi connectivity index (χ1n) is 6.95. The van der Waals surface area contributed by atoms with Crippen molar-refractivity contribution in [3.05, 3.63) is 0 Å². The van der Waals surface area contributed by atoms with Gasteiger partial charge in [0.05, 0.1) is 13.1 Å². The number of amides is 2. The summed E-state index contributed by atoms with van der Waals surface area (Å²) in [5.74, 6) is -2.67. The van der Waals surface area contributed by atoms with Gasteiger partial charge in [-0.2, -0.15) is 13.5 Å². The van der Waals surface area contributed by atoms with Crippen LogP contribution < -0.4 is 0 Å². The first kappa shape index (κ1) is 19.4. The number of aliphatic imine (C=N–C) groups is 1. The van der Waals surface area contributed by atoms with Crippen LogP contribution in [0.2, 0.25) is 0 Å². The largest absolute Gasteiger partial charge is 0.371 e. The fourth-order valence-corrected chi connectivity index (χ4v) is 2.76. The molecule has 1 aliphatic rings. The van der Waals surface area contributed by atoms with E-state index in [0.29, 0.717) is 13.1 Å². The summed E-state index contributed by atoms with van der Waals surface area (Å²) in [5, 5.41) is 8.90. The lowest BCUT2D eigenvalue weighted by atomic mass is 10.2. The highest BCUT2D eigenvalue weighted by Crippen LogP contribution is 2.31. The predicted molar refractivity (Wildman–Crippen MR) is 78.8 cm³/mol. The number of carbonyl (C=O) groups is 2. The van der Waals surface area contributed by atoms with E-state index in [-0.39, 0.29) is 5.06 Å². The molecule has 0 bridgehead atoms. The van der Waals surface area contributed by atoms with Crippen molar-refractivity contribution in [1.82, 2.24) is 9.96 Å². The molecule has 1 unspecified atom stereocenters. The van der Waals surface area contributed by atoms with Crippen LogP contribution in [0.1, 0.15) is 19.8 Å². The van der Waals surface area contributed by atoms with Gasteiger partial charge in [-0.3, -0.25) is 19.3 Å². The molecular formula is C12H21N4O6S+. The second-order valence-corrected chi connectivity index (χ2v) is 7.02. The smallest absolute Gasteiger partial charge is 0.309 e. The van der Waals surface area contributed by atoms with Gasteiger partial charge >= 0.3 is 26.9 Å². The molecule has 0 radical (unpaired) electrons. The fourth-order valence-electron chi connectivity index (χ4n) is 1.99. The highest BCUT2D eigenvalue weighted by molar-refractivity contribution is 7.88. The summed E-state index contributed by atoms with van der Waals surface area (Å²) < 4.78 is 33.9. The predicted octanol–water partition coefficient (Wildman–Crippen LogP) is -1.12. The molecule has 130 valence electrons. The fraction of sp³-hybridized carbons (Fsp3) is 0.750. The number of rotatable bonds is 7. The van der Waals surface area contributed by atoms with E-state index in [0.717, 1.165) is 13.0 Å². The van der Waals surface area contributed by atoms with Gasteiger partial charge in [0.1, 0.15) is 6.42 Å². The Morgan fingerprint density at radius 3 is 2.43 bits per heavy atom. The number of carbonyl (C=O) groups excluding carboxylic acids is 2. The van der Waals surface area contributed by atoms with Crippen molar-refractivity contribution in [2.45, 2.75) is 24.6 Å². The van der Waals surface area contributed by atoms with Gasteiger partial charge in [-0.15, -0.1) is 0 Å². The van der Waals surface area contributed by atoms with Gasteiger partial charge in [-0.25, -0.2) is 4.58 Å². The van der Waals surface area contributed by atoms with Crippen molar-refractivity contribution < 1.29 is 32.3 Å². The molecule has 0 aliphatic carbocycles. The van der Waals surface area contributed by atoms with Crippen LogP contribution in [-0.2, 0) is 19.7 Å². The van der Waals surface area contributed by atoms with Crippen LogP contribution >= 0.6 is 0 Å². The van der Waals surface area contributed by atoms with Gasteiger partial charge in [0.25, 0.3) is 5.91 Å². The van der Waals surface area contributed by atoms with E-state index in [1.54, 1.807) is 6.92 Å². The van der Waals surface area contributed by atoms with Crippen molar-refractivity contribution in [2.75, 3.05) is 33.7 Å². The summed E-state index contributed by atoms with van der Waals surface area (Å²) >= 11 is 0. The van der Waals surface area contributed by atoms with Crippen LogP contribution in [0, 0.1) is 0 Å². The highest BCUT2D eigenvalue weighted by Gasteiger charge is 2.66. The molecule has 1 heterocycles. The topological polar surface area (TPSA) is 131 Å². The van der Waals surface area contributed by atoms with Gasteiger partial charge in [-0.05, 0) is 32.4 Å². The van der Waals surface area contributed by atoms with Gasteiger partial charge in [0, 0.05) is 6.54 Å². The van der Waals surface area contributed by atoms with Crippen molar-refractivity contribution in [1.29, 1.82) is 0 Å². The molecule has 1 rings (SSSR count). The Hall–Kier alpha value is -1.65. The van der Waals surface area contributed by atoms with Crippen LogP contribution in [0.4, 0.5) is 0 Å². The Morgan fingerprint density at radius 1 is 1.43 bits per heavy atom. The first-order valence-corrected chi connectivity index (χ1v) is 8.39. The molecular weight excluding hydrogens is 328 g/mol. The minimum absolute atomic E-state index is 0.346. The number of hydrogen-bond donors (Lipinski definition) is 2. The Kier molecular flexibility index (Phi) is 6.14. The third kappa shape index (κ3) is 4.21. The normalized spacial score (nSPS) is 21.7. The molecule has 23 heavy (non-hydrogen) atoms. The SMILES string of the molecule is CC[N+](=C=NC1(S(=O)(=O)O)CC(=O)N(O)C1=O)CCCN(C)C. The van der Waals surface area contributed by atoms with Crippen LogP contribution in [0.3, 0.4) is 0 Å². The maximum atomic E-state index is 11.8. The lowest BCUT2D eigenvalue weighted by Crippen LogP contribution is -2.44. The molecule has 10 nitrogen and oxygen atoms in total. The third-order valence-electron chi connectivity index (χ3n) is 3.37. The van der Waals surface area contributed by atoms with Crippen LogP contribution in [0.5, 0.6) is 0 Å². The van der Waals surface area contributed by atoms with Gasteiger partial charge < -0.3 is 4.90 Å². The molecule has 11 heteroatoms. The number of hydroxylamine groups is 2. The molecule has 1 aliphatic heterocycles. The standard InChI is InChI=1S/C12H20N4O6S/c1-4-15(7-5-6-14(2)3)9-13-12(23(20,21)22)8-10(17)16(19)11(12)18/h19H,4-8H2,1-3H3/p+1. The molecule has 0 aromatic carbocycles. The summed E-state index contributed by atoms with van der Waals surface area (Å²) in [6.45, 7) is 3.48. The lowest BCUT2D eigenvalue weighted by molar-refractivity contribution is -0.518. The van der Waals surface area contributed by atoms with E-state index in [2.05, 4.69) is 11.0 Å². The summed E-state index contributed by atoms with van der Waals surface area (Å²) in [7, 11) is -1.25. The van der Waals surface area contributed by atoms with Crippen molar-refractivity contribution in [3.63, 3.8) is 0 Å². The minimum Gasteiger partial charge on any atom is -0.309 e. The highest BCUT2D eigenvalue weighted by atomic mass is 32.2. The lowest BCUT2D eigenvalue weighted by Gasteiger charge is -2.10. The second kappa shape index (κ2) is 7.28. The van der Waals surface area contributed by atoms with E-state index in [1.807, 2.05) is 19.0 Å². The maximum absolute atomic E-state index is 11.8. The monoisotopic (exact) mass is 349 g/mol. The molecule has 0 aromatic rings. The van der Waals surface area contributed by atoms with Gasteiger partial charge in [0.15, 0.2) is 0 Å². The zero-order valence-corrected chi connectivity index (χ0v) is 14.1. The number of hydrogen-bond acceptors (Lipinski definition) is 7. The van der Waals surface area contributed by atoms with E-state index >= 15 is 0 Å². The van der Waals surface area contributed by atoms with E-state index in [1.165, 1.54) is 4.58 Å².